The van der Waals surface area contributed by atoms with Crippen LogP contribution in [0, 0.1) is 5.92 Å². The van der Waals surface area contributed by atoms with E-state index in [-0.39, 0.29) is 17.7 Å². The highest BCUT2D eigenvalue weighted by Gasteiger charge is 2.39. The van der Waals surface area contributed by atoms with Crippen molar-refractivity contribution in [2.75, 3.05) is 19.3 Å². The molecule has 0 aromatic rings. The molecule has 1 saturated heterocycles. The zero-order chi connectivity index (χ0) is 14.8. The van der Waals surface area contributed by atoms with Crippen LogP contribution in [0.15, 0.2) is 0 Å². The molecule has 2 aliphatic rings. The van der Waals surface area contributed by atoms with Gasteiger partial charge in [-0.1, -0.05) is 19.3 Å². The summed E-state index contributed by atoms with van der Waals surface area (Å²) in [5.41, 5.74) is 5.81. The van der Waals surface area contributed by atoms with Crippen molar-refractivity contribution < 1.29 is 13.2 Å². The number of nitrogens with two attached hydrogens (primary N) is 1. The standard InChI is InChI=1S/C14H26N2O3S/c1-16(12-7-3-2-6-11(12)10-15)14(17)13-8-4-5-9-20(13,18)19/h11-13H,2-10,15H2,1H3. The van der Waals surface area contributed by atoms with Crippen LogP contribution < -0.4 is 5.73 Å². The van der Waals surface area contributed by atoms with Crippen molar-refractivity contribution in [1.82, 2.24) is 4.90 Å². The normalized spacial score (nSPS) is 33.6. The van der Waals surface area contributed by atoms with E-state index in [0.29, 0.717) is 25.3 Å². The lowest BCUT2D eigenvalue weighted by Crippen LogP contribution is -2.51. The minimum absolute atomic E-state index is 0.110. The topological polar surface area (TPSA) is 80.5 Å². The van der Waals surface area contributed by atoms with E-state index >= 15 is 0 Å². The number of amides is 1. The Morgan fingerprint density at radius 2 is 1.80 bits per heavy atom. The van der Waals surface area contributed by atoms with Gasteiger partial charge in [-0.2, -0.15) is 0 Å². The number of carbonyl (C=O) groups is 1. The summed E-state index contributed by atoms with van der Waals surface area (Å²) in [5.74, 6) is 0.251. The molecule has 0 bridgehead atoms. The molecule has 3 unspecified atom stereocenters. The smallest absolute Gasteiger partial charge is 0.240 e. The number of hydrogen-bond acceptors (Lipinski definition) is 4. The summed E-state index contributed by atoms with van der Waals surface area (Å²) < 4.78 is 24.2. The van der Waals surface area contributed by atoms with Gasteiger partial charge in [0.2, 0.25) is 5.91 Å². The van der Waals surface area contributed by atoms with Crippen LogP contribution >= 0.6 is 0 Å². The van der Waals surface area contributed by atoms with Crippen LogP contribution in [-0.2, 0) is 14.6 Å². The molecule has 1 heterocycles. The third kappa shape index (κ3) is 3.17. The molecular formula is C14H26N2O3S. The molecule has 0 aromatic carbocycles. The van der Waals surface area contributed by atoms with Crippen molar-refractivity contribution in [3.8, 4) is 0 Å². The highest BCUT2D eigenvalue weighted by Crippen LogP contribution is 2.29. The van der Waals surface area contributed by atoms with Gasteiger partial charge < -0.3 is 10.6 Å². The number of rotatable bonds is 3. The van der Waals surface area contributed by atoms with Crippen LogP contribution in [0.2, 0.25) is 0 Å². The van der Waals surface area contributed by atoms with E-state index in [1.807, 2.05) is 0 Å². The predicted molar refractivity (Wildman–Crippen MR) is 79.0 cm³/mol. The summed E-state index contributed by atoms with van der Waals surface area (Å²) in [4.78, 5) is 14.3. The summed E-state index contributed by atoms with van der Waals surface area (Å²) in [6.07, 6.45) is 6.22. The lowest BCUT2D eigenvalue weighted by molar-refractivity contribution is -0.133. The van der Waals surface area contributed by atoms with E-state index < -0.39 is 15.1 Å². The van der Waals surface area contributed by atoms with Crippen molar-refractivity contribution >= 4 is 15.7 Å². The molecule has 2 N–H and O–H groups in total. The Labute approximate surface area is 121 Å². The van der Waals surface area contributed by atoms with Crippen LogP contribution in [0.4, 0.5) is 0 Å². The first-order chi connectivity index (χ1) is 9.47. The van der Waals surface area contributed by atoms with Gasteiger partial charge in [0.15, 0.2) is 9.84 Å². The van der Waals surface area contributed by atoms with E-state index in [1.54, 1.807) is 11.9 Å². The molecule has 0 aromatic heterocycles. The summed E-state index contributed by atoms with van der Waals surface area (Å²) >= 11 is 0. The fourth-order valence-electron chi connectivity index (χ4n) is 3.60. The molecule has 116 valence electrons. The first kappa shape index (κ1) is 15.8. The SMILES string of the molecule is CN(C(=O)C1CCCCS1(=O)=O)C1CCCCC1CN. The minimum atomic E-state index is -3.25. The van der Waals surface area contributed by atoms with Crippen LogP contribution in [0.5, 0.6) is 0 Å². The first-order valence-corrected chi connectivity index (χ1v) is 9.37. The molecule has 3 atom stereocenters. The second-order valence-corrected chi connectivity index (χ2v) is 8.45. The Bertz CT molecular complexity index is 449. The maximum absolute atomic E-state index is 12.6. The van der Waals surface area contributed by atoms with Gasteiger partial charge >= 0.3 is 0 Å². The quantitative estimate of drug-likeness (QED) is 0.841. The monoisotopic (exact) mass is 302 g/mol. The molecule has 1 aliphatic carbocycles. The molecule has 0 spiro atoms. The molecule has 2 fully saturated rings. The van der Waals surface area contributed by atoms with Crippen molar-refractivity contribution in [2.45, 2.75) is 56.2 Å². The van der Waals surface area contributed by atoms with Crippen molar-refractivity contribution in [3.05, 3.63) is 0 Å². The molecule has 1 amide bonds. The maximum atomic E-state index is 12.6. The Hall–Kier alpha value is -0.620. The maximum Gasteiger partial charge on any atom is 0.240 e. The van der Waals surface area contributed by atoms with Crippen LogP contribution in [-0.4, -0.2) is 49.9 Å². The van der Waals surface area contributed by atoms with Gasteiger partial charge in [-0.25, -0.2) is 8.42 Å². The molecule has 6 heteroatoms. The van der Waals surface area contributed by atoms with Crippen LogP contribution in [0.3, 0.4) is 0 Å². The number of hydrogen-bond donors (Lipinski definition) is 1. The van der Waals surface area contributed by atoms with Gasteiger partial charge in [0.1, 0.15) is 5.25 Å². The van der Waals surface area contributed by atoms with Gasteiger partial charge in [-0.3, -0.25) is 4.79 Å². The summed E-state index contributed by atoms with van der Waals surface area (Å²) in [6, 6.07) is 0.110. The van der Waals surface area contributed by atoms with E-state index in [4.69, 9.17) is 5.73 Å². The first-order valence-electron chi connectivity index (χ1n) is 7.65. The fourth-order valence-corrected chi connectivity index (χ4v) is 5.49. The highest BCUT2D eigenvalue weighted by atomic mass is 32.2. The third-order valence-electron chi connectivity index (χ3n) is 4.87. The van der Waals surface area contributed by atoms with E-state index in [0.717, 1.165) is 32.1 Å². The summed E-state index contributed by atoms with van der Waals surface area (Å²) in [5, 5.41) is -0.818. The molecular weight excluding hydrogens is 276 g/mol. The minimum Gasteiger partial charge on any atom is -0.341 e. The third-order valence-corrected chi connectivity index (χ3v) is 7.03. The lowest BCUT2D eigenvalue weighted by Gasteiger charge is -2.39. The number of nitrogens with zero attached hydrogens (tertiary/aromatic N) is 1. The molecule has 5 nitrogen and oxygen atoms in total. The second kappa shape index (κ2) is 6.43. The predicted octanol–water partition coefficient (Wildman–Crippen LogP) is 0.930. The summed E-state index contributed by atoms with van der Waals surface area (Å²) in [7, 11) is -1.50. The van der Waals surface area contributed by atoms with E-state index in [2.05, 4.69) is 0 Å². The Balaban J connectivity index is 2.11. The van der Waals surface area contributed by atoms with Gasteiger partial charge in [-0.15, -0.1) is 0 Å². The second-order valence-electron chi connectivity index (χ2n) is 6.15. The number of sulfone groups is 1. The van der Waals surface area contributed by atoms with E-state index in [9.17, 15) is 13.2 Å². The van der Waals surface area contributed by atoms with Gasteiger partial charge in [0, 0.05) is 13.1 Å². The average Bonchev–Trinajstić information content (AvgIpc) is 2.45. The van der Waals surface area contributed by atoms with Crippen LogP contribution in [0.1, 0.15) is 44.9 Å². The molecule has 1 saturated carbocycles. The molecule has 20 heavy (non-hydrogen) atoms. The highest BCUT2D eigenvalue weighted by molar-refractivity contribution is 7.92. The zero-order valence-electron chi connectivity index (χ0n) is 12.3. The van der Waals surface area contributed by atoms with Gasteiger partial charge in [0.05, 0.1) is 5.75 Å². The van der Waals surface area contributed by atoms with Crippen molar-refractivity contribution in [1.29, 1.82) is 0 Å². The number of carbonyl (C=O) groups excluding carboxylic acids is 1. The zero-order valence-corrected chi connectivity index (χ0v) is 13.1. The Morgan fingerprint density at radius 1 is 1.15 bits per heavy atom. The van der Waals surface area contributed by atoms with Gasteiger partial charge in [0.25, 0.3) is 0 Å². The van der Waals surface area contributed by atoms with Crippen molar-refractivity contribution in [3.63, 3.8) is 0 Å². The summed E-state index contributed by atoms with van der Waals surface area (Å²) in [6.45, 7) is 0.569. The fraction of sp³-hybridized carbons (Fsp3) is 0.929. The lowest BCUT2D eigenvalue weighted by atomic mass is 9.83. The average molecular weight is 302 g/mol. The molecule has 1 aliphatic heterocycles. The Morgan fingerprint density at radius 3 is 2.45 bits per heavy atom. The molecule has 2 rings (SSSR count). The van der Waals surface area contributed by atoms with Crippen molar-refractivity contribution in [2.24, 2.45) is 11.7 Å². The largest absolute Gasteiger partial charge is 0.341 e. The van der Waals surface area contributed by atoms with Crippen LogP contribution in [0.25, 0.3) is 0 Å². The Kier molecular flexibility index (Phi) is 5.07. The van der Waals surface area contributed by atoms with Gasteiger partial charge in [-0.05, 0) is 38.1 Å². The van der Waals surface area contributed by atoms with E-state index in [1.165, 1.54) is 0 Å². The molecule has 0 radical (unpaired) electrons.